The topological polar surface area (TPSA) is 109 Å². The number of hydrogen-bond acceptors (Lipinski definition) is 5. The van der Waals surface area contributed by atoms with Crippen molar-refractivity contribution in [1.29, 1.82) is 0 Å². The Morgan fingerprint density at radius 1 is 0.640 bits per heavy atom. The van der Waals surface area contributed by atoms with Crippen LogP contribution >= 0.6 is 0 Å². The summed E-state index contributed by atoms with van der Waals surface area (Å²) in [5.74, 6) is -0.903. The third kappa shape index (κ3) is 40.1. The predicted octanol–water partition coefficient (Wildman–Crippen LogP) is 1.05. The Morgan fingerprint density at radius 3 is 1.12 bits per heavy atom. The van der Waals surface area contributed by atoms with Crippen LogP contribution in [0, 0.1) is 0 Å². The van der Waals surface area contributed by atoms with Crippen LogP contribution < -0.4 is 20.2 Å². The number of unbranched alkanes of at least 4 members (excludes halogenated alkanes) is 14. The number of rotatable bonds is 16. The van der Waals surface area contributed by atoms with Crippen LogP contribution in [-0.2, 0) is 21.3 Å². The molecule has 0 spiro atoms. The molecule has 5 nitrogen and oxygen atoms in total. The number of aliphatic carboxylic acids is 1. The van der Waals surface area contributed by atoms with E-state index in [4.69, 9.17) is 15.1 Å². The van der Waals surface area contributed by atoms with Crippen LogP contribution in [0.1, 0.15) is 110 Å². The van der Waals surface area contributed by atoms with E-state index in [2.05, 4.69) is 6.92 Å². The van der Waals surface area contributed by atoms with Gasteiger partial charge in [-0.15, -0.1) is 0 Å². The van der Waals surface area contributed by atoms with Crippen LogP contribution in [0.2, 0.25) is 0 Å². The molecule has 0 aliphatic rings. The Morgan fingerprint density at radius 2 is 0.880 bits per heavy atom. The Labute approximate surface area is 164 Å². The molecule has 0 rings (SSSR count). The molecule has 0 atom stereocenters. The predicted molar refractivity (Wildman–Crippen MR) is 90.3 cm³/mol. The molecule has 0 aromatic heterocycles. The van der Waals surface area contributed by atoms with E-state index in [0.717, 1.165) is 12.8 Å². The summed E-state index contributed by atoms with van der Waals surface area (Å²) in [6, 6.07) is 0. The minimum atomic E-state index is -2.92. The maximum absolute atomic E-state index is 10.2. The standard InChI is InChI=1S/C18H36O2.BO3.Ni/c1-2-3-4-5-6-7-8-9-10-11-12-13-14-15-16-17-18(19)20;2-1(3)4;/h2-17H2,1H3,(H,19,20);;/q;-3;/p-1. The Balaban J connectivity index is -0.000000867. The zero-order chi connectivity index (χ0) is 18.5. The molecule has 0 heterocycles. The fraction of sp³-hybridized carbons (Fsp3) is 0.944. The van der Waals surface area contributed by atoms with Crippen molar-refractivity contribution in [1.82, 2.24) is 0 Å². The summed E-state index contributed by atoms with van der Waals surface area (Å²) >= 11 is 0. The van der Waals surface area contributed by atoms with E-state index in [1.165, 1.54) is 83.5 Å². The first-order chi connectivity index (χ1) is 11.5. The fourth-order valence-corrected chi connectivity index (χ4v) is 2.64. The molecule has 25 heavy (non-hydrogen) atoms. The van der Waals surface area contributed by atoms with Crippen LogP contribution in [0.15, 0.2) is 0 Å². The van der Waals surface area contributed by atoms with Crippen molar-refractivity contribution in [3.63, 3.8) is 0 Å². The van der Waals surface area contributed by atoms with E-state index < -0.39 is 13.3 Å². The van der Waals surface area contributed by atoms with Crippen LogP contribution in [0.25, 0.3) is 0 Å². The van der Waals surface area contributed by atoms with E-state index in [0.29, 0.717) is 0 Å². The Kier molecular flexibility index (Phi) is 31.0. The van der Waals surface area contributed by atoms with Gasteiger partial charge in [0.25, 0.3) is 0 Å². The van der Waals surface area contributed by atoms with Crippen LogP contribution in [0.5, 0.6) is 0 Å². The smallest absolute Gasteiger partial charge is 0.0414 e. The maximum Gasteiger partial charge on any atom is 0.0414 e. The van der Waals surface area contributed by atoms with Gasteiger partial charge in [0.1, 0.15) is 0 Å². The molecule has 0 aliphatic heterocycles. The van der Waals surface area contributed by atoms with Crippen molar-refractivity contribution in [3.8, 4) is 0 Å². The fourth-order valence-electron chi connectivity index (χ4n) is 2.64. The van der Waals surface area contributed by atoms with Gasteiger partial charge in [0, 0.05) is 22.5 Å². The molecule has 0 aliphatic carbocycles. The van der Waals surface area contributed by atoms with Gasteiger partial charge in [-0.2, -0.15) is 0 Å². The SMILES string of the molecule is CCCCCCCCCCCCCCCCCC(=O)[O-].[Ni].[O-]B([O-])[O-]. The van der Waals surface area contributed by atoms with Gasteiger partial charge in [-0.25, -0.2) is 0 Å². The van der Waals surface area contributed by atoms with E-state index >= 15 is 0 Å². The van der Waals surface area contributed by atoms with Gasteiger partial charge >= 0.3 is 0 Å². The van der Waals surface area contributed by atoms with Crippen molar-refractivity contribution in [2.45, 2.75) is 110 Å². The monoisotopic (exact) mass is 400 g/mol. The zero-order valence-electron chi connectivity index (χ0n) is 15.7. The number of carbonyl (C=O) groups is 1. The number of hydrogen-bond donors (Lipinski definition) is 0. The summed E-state index contributed by atoms with van der Waals surface area (Å²) in [6.07, 6.45) is 19.9. The van der Waals surface area contributed by atoms with Gasteiger partial charge in [0.05, 0.1) is 0 Å². The van der Waals surface area contributed by atoms with Gasteiger partial charge in [0.15, 0.2) is 0 Å². The molecule has 0 amide bonds. The molecule has 0 fully saturated rings. The second-order valence-electron chi connectivity index (χ2n) is 6.36. The van der Waals surface area contributed by atoms with Gasteiger partial charge in [0.2, 0.25) is 0 Å². The number of carboxylic acids is 1. The molecule has 0 saturated heterocycles. The average Bonchev–Trinajstić information content (AvgIpc) is 2.50. The zero-order valence-corrected chi connectivity index (χ0v) is 16.7. The summed E-state index contributed by atoms with van der Waals surface area (Å²) in [5, 5.41) is 35.5. The van der Waals surface area contributed by atoms with E-state index in [-0.39, 0.29) is 22.9 Å². The first kappa shape index (κ1) is 29.7. The maximum atomic E-state index is 10.2. The van der Waals surface area contributed by atoms with Crippen molar-refractivity contribution >= 4 is 13.3 Å². The van der Waals surface area contributed by atoms with E-state index in [1.807, 2.05) is 0 Å². The molecular formula is C18H35BNiO5-4. The van der Waals surface area contributed by atoms with Crippen molar-refractivity contribution < 1.29 is 41.5 Å². The minimum Gasteiger partial charge on any atom is -0.907 e. The number of carboxylic acid groups (broad SMARTS) is 1. The van der Waals surface area contributed by atoms with Crippen LogP contribution in [0.4, 0.5) is 0 Å². The summed E-state index contributed by atoms with van der Waals surface area (Å²) in [5.41, 5.74) is 0. The normalized spacial score (nSPS) is 9.76. The molecule has 154 valence electrons. The second-order valence-corrected chi connectivity index (χ2v) is 6.36. The quantitative estimate of drug-likeness (QED) is 0.284. The number of carbonyl (C=O) groups excluding carboxylic acids is 1. The Hall–Kier alpha value is -0.0916. The molecule has 7 heteroatoms. The molecule has 0 aromatic rings. The van der Waals surface area contributed by atoms with Crippen molar-refractivity contribution in [3.05, 3.63) is 0 Å². The van der Waals surface area contributed by atoms with E-state index in [9.17, 15) is 9.90 Å². The molecule has 0 bridgehead atoms. The van der Waals surface area contributed by atoms with Crippen LogP contribution in [0.3, 0.4) is 0 Å². The summed E-state index contributed by atoms with van der Waals surface area (Å²) < 4.78 is 0. The average molecular weight is 401 g/mol. The first-order valence-corrected chi connectivity index (χ1v) is 9.68. The molecule has 0 unspecified atom stereocenters. The third-order valence-electron chi connectivity index (χ3n) is 3.98. The van der Waals surface area contributed by atoms with Crippen molar-refractivity contribution in [2.75, 3.05) is 0 Å². The molecule has 0 N–H and O–H groups in total. The van der Waals surface area contributed by atoms with Crippen LogP contribution in [-0.4, -0.2) is 13.3 Å². The van der Waals surface area contributed by atoms with Gasteiger partial charge in [-0.05, 0) is 12.8 Å². The second kappa shape index (κ2) is 26.1. The Bertz CT molecular complexity index is 253. The molecular weight excluding hydrogens is 366 g/mol. The minimum absolute atomic E-state index is 0. The van der Waals surface area contributed by atoms with Crippen molar-refractivity contribution in [2.24, 2.45) is 0 Å². The van der Waals surface area contributed by atoms with Gasteiger partial charge in [-0.3, -0.25) is 7.32 Å². The summed E-state index contributed by atoms with van der Waals surface area (Å²) in [4.78, 5) is 10.2. The molecule has 0 aromatic carbocycles. The summed E-state index contributed by atoms with van der Waals surface area (Å²) in [6.45, 7) is 2.27. The molecule has 0 saturated carbocycles. The van der Waals surface area contributed by atoms with Gasteiger partial charge < -0.3 is 25.0 Å². The largest absolute Gasteiger partial charge is 0.907 e. The first-order valence-electron chi connectivity index (χ1n) is 9.68. The van der Waals surface area contributed by atoms with E-state index in [1.54, 1.807) is 0 Å². The molecule has 0 radical (unpaired) electrons. The van der Waals surface area contributed by atoms with Gasteiger partial charge in [-0.1, -0.05) is 96.8 Å². The third-order valence-corrected chi connectivity index (χ3v) is 3.98. The summed E-state index contributed by atoms with van der Waals surface area (Å²) in [7, 11) is -2.92.